The Hall–Kier alpha value is -2.27. The van der Waals surface area contributed by atoms with Crippen LogP contribution < -0.4 is 5.32 Å². The van der Waals surface area contributed by atoms with Gasteiger partial charge in [-0.05, 0) is 25.1 Å². The lowest BCUT2D eigenvalue weighted by molar-refractivity contribution is 0.102. The number of para-hydroxylation sites is 1. The van der Waals surface area contributed by atoms with Crippen LogP contribution in [0.4, 0.5) is 14.5 Å². The molecule has 0 heterocycles. The van der Waals surface area contributed by atoms with Gasteiger partial charge >= 0.3 is 0 Å². The van der Waals surface area contributed by atoms with Gasteiger partial charge in [-0.15, -0.1) is 0 Å². The average molecular weight is 277 g/mol. The van der Waals surface area contributed by atoms with Crippen molar-refractivity contribution in [3.8, 4) is 0 Å². The van der Waals surface area contributed by atoms with E-state index in [9.17, 15) is 18.7 Å². The lowest BCUT2D eigenvalue weighted by atomic mass is 10.1. The Balaban J connectivity index is 2.28. The molecule has 1 amide bonds. The number of carbonyl (C=O) groups excluding carboxylic acids is 1. The van der Waals surface area contributed by atoms with Crippen LogP contribution in [0.2, 0.25) is 0 Å². The largest absolute Gasteiger partial charge is 0.389 e. The van der Waals surface area contributed by atoms with Crippen LogP contribution >= 0.6 is 0 Å². The first-order valence-electron chi connectivity index (χ1n) is 6.02. The Morgan fingerprint density at radius 3 is 2.35 bits per heavy atom. The molecular weight excluding hydrogens is 264 g/mol. The molecule has 0 aliphatic heterocycles. The maximum absolute atomic E-state index is 13.1. The zero-order valence-electron chi connectivity index (χ0n) is 10.7. The Labute approximate surface area is 114 Å². The van der Waals surface area contributed by atoms with Crippen LogP contribution in [0, 0.1) is 11.6 Å². The van der Waals surface area contributed by atoms with E-state index >= 15 is 0 Å². The van der Waals surface area contributed by atoms with Crippen LogP contribution in [-0.4, -0.2) is 11.0 Å². The van der Waals surface area contributed by atoms with Crippen molar-refractivity contribution in [2.24, 2.45) is 0 Å². The molecule has 3 nitrogen and oxygen atoms in total. The van der Waals surface area contributed by atoms with Crippen molar-refractivity contribution in [1.82, 2.24) is 0 Å². The van der Waals surface area contributed by atoms with E-state index in [4.69, 9.17) is 0 Å². The quantitative estimate of drug-likeness (QED) is 0.904. The highest BCUT2D eigenvalue weighted by atomic mass is 19.1. The van der Waals surface area contributed by atoms with Gasteiger partial charge < -0.3 is 10.4 Å². The topological polar surface area (TPSA) is 49.3 Å². The molecule has 2 aromatic carbocycles. The SMILES string of the molecule is CC(O)c1ccccc1NC(=O)c1cc(F)cc(F)c1. The van der Waals surface area contributed by atoms with Crippen LogP contribution in [0.5, 0.6) is 0 Å². The first kappa shape index (κ1) is 14.1. The maximum atomic E-state index is 13.1. The van der Waals surface area contributed by atoms with Crippen LogP contribution in [0.3, 0.4) is 0 Å². The molecule has 2 aromatic rings. The van der Waals surface area contributed by atoms with E-state index in [2.05, 4.69) is 5.32 Å². The standard InChI is InChI=1S/C15H13F2NO2/c1-9(19)13-4-2-3-5-14(13)18-15(20)10-6-11(16)8-12(17)7-10/h2-9,19H,1H3,(H,18,20). The minimum absolute atomic E-state index is 0.122. The zero-order valence-corrected chi connectivity index (χ0v) is 10.7. The molecule has 5 heteroatoms. The summed E-state index contributed by atoms with van der Waals surface area (Å²) >= 11 is 0. The fourth-order valence-electron chi connectivity index (χ4n) is 1.85. The molecule has 2 N–H and O–H groups in total. The molecule has 0 saturated carbocycles. The van der Waals surface area contributed by atoms with Crippen molar-refractivity contribution in [3.05, 3.63) is 65.2 Å². The van der Waals surface area contributed by atoms with Crippen molar-refractivity contribution in [2.45, 2.75) is 13.0 Å². The minimum atomic E-state index is -0.820. The monoisotopic (exact) mass is 277 g/mol. The summed E-state index contributed by atoms with van der Waals surface area (Å²) < 4.78 is 26.1. The Morgan fingerprint density at radius 1 is 1.15 bits per heavy atom. The molecule has 1 unspecified atom stereocenters. The molecular formula is C15H13F2NO2. The van der Waals surface area contributed by atoms with Gasteiger partial charge in [0.25, 0.3) is 5.91 Å². The zero-order chi connectivity index (χ0) is 14.7. The number of benzene rings is 2. The van der Waals surface area contributed by atoms with Gasteiger partial charge in [0.1, 0.15) is 11.6 Å². The number of carbonyl (C=O) groups is 1. The van der Waals surface area contributed by atoms with E-state index < -0.39 is 23.6 Å². The number of aliphatic hydroxyl groups is 1. The van der Waals surface area contributed by atoms with Crippen LogP contribution in [0.1, 0.15) is 28.9 Å². The number of halogens is 2. The third kappa shape index (κ3) is 3.19. The van der Waals surface area contributed by atoms with E-state index in [-0.39, 0.29) is 5.56 Å². The van der Waals surface area contributed by atoms with E-state index in [0.717, 1.165) is 12.1 Å². The summed E-state index contributed by atoms with van der Waals surface area (Å²) in [5, 5.41) is 12.1. The fourth-order valence-corrected chi connectivity index (χ4v) is 1.85. The summed E-state index contributed by atoms with van der Waals surface area (Å²) in [6.07, 6.45) is -0.768. The minimum Gasteiger partial charge on any atom is -0.389 e. The van der Waals surface area contributed by atoms with E-state index in [0.29, 0.717) is 17.3 Å². The maximum Gasteiger partial charge on any atom is 0.255 e. The molecule has 0 aliphatic rings. The molecule has 0 saturated heterocycles. The highest BCUT2D eigenvalue weighted by molar-refractivity contribution is 6.04. The molecule has 1 atom stereocenters. The summed E-state index contributed by atoms with van der Waals surface area (Å²) in [5.41, 5.74) is 0.804. The first-order valence-corrected chi connectivity index (χ1v) is 6.02. The second-order valence-electron chi connectivity index (χ2n) is 4.38. The normalized spacial score (nSPS) is 12.0. The lowest BCUT2D eigenvalue weighted by Gasteiger charge is -2.13. The van der Waals surface area contributed by atoms with Gasteiger partial charge in [0.15, 0.2) is 0 Å². The molecule has 0 fully saturated rings. The molecule has 0 aliphatic carbocycles. The Bertz CT molecular complexity index is 621. The molecule has 0 aromatic heterocycles. The highest BCUT2D eigenvalue weighted by Gasteiger charge is 2.13. The highest BCUT2D eigenvalue weighted by Crippen LogP contribution is 2.23. The summed E-state index contributed by atoms with van der Waals surface area (Å²) in [7, 11) is 0. The predicted molar refractivity (Wildman–Crippen MR) is 71.4 cm³/mol. The number of nitrogens with one attached hydrogen (secondary N) is 1. The van der Waals surface area contributed by atoms with E-state index in [1.165, 1.54) is 0 Å². The van der Waals surface area contributed by atoms with Crippen molar-refractivity contribution < 1.29 is 18.7 Å². The van der Waals surface area contributed by atoms with Crippen LogP contribution in [-0.2, 0) is 0 Å². The van der Waals surface area contributed by atoms with Crippen molar-refractivity contribution in [2.75, 3.05) is 5.32 Å². The van der Waals surface area contributed by atoms with Gasteiger partial charge in [0.05, 0.1) is 6.10 Å². The first-order chi connectivity index (χ1) is 9.47. The van der Waals surface area contributed by atoms with Gasteiger partial charge in [0, 0.05) is 22.9 Å². The van der Waals surface area contributed by atoms with Gasteiger partial charge in [-0.3, -0.25) is 4.79 Å². The third-order valence-corrected chi connectivity index (χ3v) is 2.78. The molecule has 20 heavy (non-hydrogen) atoms. The van der Waals surface area contributed by atoms with Gasteiger partial charge in [-0.2, -0.15) is 0 Å². The second-order valence-corrected chi connectivity index (χ2v) is 4.38. The number of hydrogen-bond donors (Lipinski definition) is 2. The van der Waals surface area contributed by atoms with Crippen molar-refractivity contribution >= 4 is 11.6 Å². The Kier molecular flexibility index (Phi) is 4.10. The number of hydrogen-bond acceptors (Lipinski definition) is 2. The molecule has 0 bridgehead atoms. The summed E-state index contributed by atoms with van der Waals surface area (Å²) in [4.78, 5) is 12.0. The fraction of sp³-hybridized carbons (Fsp3) is 0.133. The smallest absolute Gasteiger partial charge is 0.255 e. The Morgan fingerprint density at radius 2 is 1.75 bits per heavy atom. The number of aliphatic hydroxyl groups excluding tert-OH is 1. The molecule has 0 radical (unpaired) electrons. The van der Waals surface area contributed by atoms with Gasteiger partial charge in [0.2, 0.25) is 0 Å². The third-order valence-electron chi connectivity index (χ3n) is 2.78. The van der Waals surface area contributed by atoms with Crippen LogP contribution in [0.25, 0.3) is 0 Å². The number of amides is 1. The molecule has 2 rings (SSSR count). The second kappa shape index (κ2) is 5.79. The summed E-state index contributed by atoms with van der Waals surface area (Å²) in [5.74, 6) is -2.28. The number of anilines is 1. The van der Waals surface area contributed by atoms with Crippen molar-refractivity contribution in [1.29, 1.82) is 0 Å². The van der Waals surface area contributed by atoms with E-state index in [1.807, 2.05) is 0 Å². The summed E-state index contributed by atoms with van der Waals surface area (Å²) in [6, 6.07) is 9.27. The number of rotatable bonds is 3. The van der Waals surface area contributed by atoms with Gasteiger partial charge in [-0.1, -0.05) is 18.2 Å². The molecule has 0 spiro atoms. The van der Waals surface area contributed by atoms with Crippen molar-refractivity contribution in [3.63, 3.8) is 0 Å². The summed E-state index contributed by atoms with van der Waals surface area (Å²) in [6.45, 7) is 1.56. The lowest BCUT2D eigenvalue weighted by Crippen LogP contribution is -2.14. The average Bonchev–Trinajstić information content (AvgIpc) is 2.37. The molecule has 104 valence electrons. The predicted octanol–water partition coefficient (Wildman–Crippen LogP) is 3.27. The van der Waals surface area contributed by atoms with Gasteiger partial charge in [-0.25, -0.2) is 8.78 Å². The van der Waals surface area contributed by atoms with E-state index in [1.54, 1.807) is 31.2 Å². The van der Waals surface area contributed by atoms with Crippen LogP contribution in [0.15, 0.2) is 42.5 Å².